The van der Waals surface area contributed by atoms with Crippen LogP contribution in [0, 0.1) is 19.7 Å². The monoisotopic (exact) mass is 379 g/mol. The van der Waals surface area contributed by atoms with Crippen LogP contribution in [-0.2, 0) is 11.3 Å². The van der Waals surface area contributed by atoms with Gasteiger partial charge >= 0.3 is 0 Å². The molecule has 2 N–H and O–H groups in total. The smallest absolute Gasteiger partial charge is 0.279 e. The lowest BCUT2D eigenvalue weighted by atomic mass is 10.1. The molecular formula is C20H25ClFN2O2+. The quantitative estimate of drug-likeness (QED) is 0.776. The second-order valence-electron chi connectivity index (χ2n) is 6.41. The van der Waals surface area contributed by atoms with Gasteiger partial charge in [0.15, 0.2) is 18.1 Å². The van der Waals surface area contributed by atoms with Crippen molar-refractivity contribution in [2.24, 2.45) is 0 Å². The summed E-state index contributed by atoms with van der Waals surface area (Å²) in [6, 6.07) is 8.68. The van der Waals surface area contributed by atoms with Gasteiger partial charge in [0.2, 0.25) is 0 Å². The lowest BCUT2D eigenvalue weighted by Gasteiger charge is -2.18. The van der Waals surface area contributed by atoms with Gasteiger partial charge in [0.1, 0.15) is 6.54 Å². The molecule has 0 bridgehead atoms. The largest absolute Gasteiger partial charge is 0.494 e. The van der Waals surface area contributed by atoms with Crippen molar-refractivity contribution in [3.8, 4) is 5.75 Å². The number of nitrogens with one attached hydrogen (secondary N) is 2. The molecule has 140 valence electrons. The molecule has 2 rings (SSSR count). The van der Waals surface area contributed by atoms with Gasteiger partial charge in [-0.3, -0.25) is 4.79 Å². The second-order valence-corrected chi connectivity index (χ2v) is 6.82. The molecule has 0 aliphatic carbocycles. The topological polar surface area (TPSA) is 42.8 Å². The molecular weight excluding hydrogens is 355 g/mol. The predicted octanol–water partition coefficient (Wildman–Crippen LogP) is 3.15. The summed E-state index contributed by atoms with van der Waals surface area (Å²) in [7, 11) is 1.43. The van der Waals surface area contributed by atoms with Crippen molar-refractivity contribution in [3.63, 3.8) is 0 Å². The average molecular weight is 380 g/mol. The van der Waals surface area contributed by atoms with Crippen LogP contribution in [0.5, 0.6) is 5.75 Å². The third-order valence-electron chi connectivity index (χ3n) is 4.28. The van der Waals surface area contributed by atoms with Crippen LogP contribution in [0.15, 0.2) is 30.3 Å². The van der Waals surface area contributed by atoms with E-state index < -0.39 is 5.82 Å². The molecule has 4 nitrogen and oxygen atoms in total. The number of hydrogen-bond donors (Lipinski definition) is 2. The molecule has 26 heavy (non-hydrogen) atoms. The Labute approximate surface area is 158 Å². The number of amides is 1. The lowest BCUT2D eigenvalue weighted by Crippen LogP contribution is -3.11. The molecule has 2 aromatic rings. The van der Waals surface area contributed by atoms with Crippen LogP contribution in [-0.4, -0.2) is 26.1 Å². The number of carbonyl (C=O) groups is 1. The fourth-order valence-corrected chi connectivity index (χ4v) is 3.27. The van der Waals surface area contributed by atoms with Crippen LogP contribution in [0.2, 0.25) is 5.02 Å². The normalized spacial score (nSPS) is 11.9. The first-order valence-corrected chi connectivity index (χ1v) is 8.94. The number of likely N-dealkylation sites (N-methyl/N-ethyl adjacent to an activating group) is 1. The SMILES string of the molecule is CC[NH+](CC(=O)Nc1c(C)cc(C)cc1Cl)Cc1ccc(OC)c(F)c1. The van der Waals surface area contributed by atoms with Crippen molar-refractivity contribution in [2.45, 2.75) is 27.3 Å². The Kier molecular flexibility index (Phi) is 7.00. The molecule has 0 aliphatic rings. The van der Waals surface area contributed by atoms with Crippen molar-refractivity contribution in [1.29, 1.82) is 0 Å². The van der Waals surface area contributed by atoms with Crippen LogP contribution in [0.25, 0.3) is 0 Å². The van der Waals surface area contributed by atoms with E-state index in [2.05, 4.69) is 5.32 Å². The molecule has 0 aliphatic heterocycles. The van der Waals surface area contributed by atoms with Gasteiger partial charge in [-0.1, -0.05) is 17.7 Å². The minimum absolute atomic E-state index is 0.121. The van der Waals surface area contributed by atoms with Crippen LogP contribution in [0.4, 0.5) is 10.1 Å². The zero-order valence-electron chi connectivity index (χ0n) is 15.6. The molecule has 0 spiro atoms. The Hall–Kier alpha value is -2.11. The molecule has 0 saturated carbocycles. The number of aryl methyl sites for hydroxylation is 2. The Balaban J connectivity index is 2.03. The van der Waals surface area contributed by atoms with Gasteiger partial charge in [0.25, 0.3) is 5.91 Å². The average Bonchev–Trinajstić information content (AvgIpc) is 2.57. The van der Waals surface area contributed by atoms with Crippen molar-refractivity contribution in [3.05, 3.63) is 57.9 Å². The molecule has 1 unspecified atom stereocenters. The predicted molar refractivity (Wildman–Crippen MR) is 103 cm³/mol. The molecule has 0 heterocycles. The maximum absolute atomic E-state index is 13.8. The van der Waals surface area contributed by atoms with Crippen LogP contribution in [0.1, 0.15) is 23.6 Å². The second kappa shape index (κ2) is 9.01. The number of anilines is 1. The maximum Gasteiger partial charge on any atom is 0.279 e. The van der Waals surface area contributed by atoms with Gasteiger partial charge in [-0.05, 0) is 56.2 Å². The van der Waals surface area contributed by atoms with Crippen LogP contribution >= 0.6 is 11.6 Å². The fraction of sp³-hybridized carbons (Fsp3) is 0.350. The summed E-state index contributed by atoms with van der Waals surface area (Å²) in [4.78, 5) is 13.5. The summed E-state index contributed by atoms with van der Waals surface area (Å²) in [5.41, 5.74) is 3.44. The van der Waals surface area contributed by atoms with E-state index in [0.29, 0.717) is 17.3 Å². The molecule has 1 atom stereocenters. The Morgan fingerprint density at radius 1 is 1.27 bits per heavy atom. The van der Waals surface area contributed by atoms with Gasteiger partial charge in [-0.25, -0.2) is 4.39 Å². The van der Waals surface area contributed by atoms with Crippen molar-refractivity contribution in [2.75, 3.05) is 25.5 Å². The first-order chi connectivity index (χ1) is 12.3. The molecule has 0 saturated heterocycles. The van der Waals surface area contributed by atoms with Crippen molar-refractivity contribution in [1.82, 2.24) is 0 Å². The van der Waals surface area contributed by atoms with Gasteiger partial charge in [0, 0.05) is 5.56 Å². The van der Waals surface area contributed by atoms with Crippen LogP contribution in [0.3, 0.4) is 0 Å². The van der Waals surface area contributed by atoms with Gasteiger partial charge < -0.3 is 15.0 Å². The molecule has 0 radical (unpaired) electrons. The lowest BCUT2D eigenvalue weighted by molar-refractivity contribution is -0.903. The zero-order valence-corrected chi connectivity index (χ0v) is 16.3. The van der Waals surface area contributed by atoms with E-state index in [4.69, 9.17) is 16.3 Å². The fourth-order valence-electron chi connectivity index (χ4n) is 2.91. The van der Waals surface area contributed by atoms with Crippen molar-refractivity contribution >= 4 is 23.2 Å². The number of carbonyl (C=O) groups excluding carboxylic acids is 1. The molecule has 0 fully saturated rings. The summed E-state index contributed by atoms with van der Waals surface area (Å²) in [5, 5.41) is 3.43. The van der Waals surface area contributed by atoms with E-state index >= 15 is 0 Å². The van der Waals surface area contributed by atoms with E-state index in [-0.39, 0.29) is 18.2 Å². The highest BCUT2D eigenvalue weighted by Gasteiger charge is 2.16. The number of halogens is 2. The highest BCUT2D eigenvalue weighted by atomic mass is 35.5. The van der Waals surface area contributed by atoms with Crippen LogP contribution < -0.4 is 15.0 Å². The minimum atomic E-state index is -0.396. The van der Waals surface area contributed by atoms with Gasteiger partial charge in [-0.15, -0.1) is 0 Å². The number of benzene rings is 2. The first kappa shape index (κ1) is 20.2. The molecule has 1 amide bonds. The molecule has 2 aromatic carbocycles. The van der Waals surface area contributed by atoms with E-state index in [1.807, 2.05) is 39.0 Å². The number of methoxy groups -OCH3 is 1. The minimum Gasteiger partial charge on any atom is -0.494 e. The Morgan fingerprint density at radius 3 is 2.58 bits per heavy atom. The third kappa shape index (κ3) is 5.19. The summed E-state index contributed by atoms with van der Waals surface area (Å²) in [6.07, 6.45) is 0. The summed E-state index contributed by atoms with van der Waals surface area (Å²) < 4.78 is 18.8. The standard InChI is InChI=1S/C20H24ClFN2O2/c1-5-24(11-15-6-7-18(26-4)17(22)10-15)12-19(25)23-20-14(3)8-13(2)9-16(20)21/h6-10H,5,11-12H2,1-4H3,(H,23,25)/p+1. The zero-order chi connectivity index (χ0) is 19.3. The Bertz CT molecular complexity index is 772. The summed E-state index contributed by atoms with van der Waals surface area (Å²) in [5.74, 6) is -0.300. The summed E-state index contributed by atoms with van der Waals surface area (Å²) >= 11 is 6.25. The van der Waals surface area contributed by atoms with E-state index in [0.717, 1.165) is 28.1 Å². The summed E-state index contributed by atoms with van der Waals surface area (Å²) in [6.45, 7) is 7.42. The van der Waals surface area contributed by atoms with Crippen molar-refractivity contribution < 1.29 is 18.8 Å². The molecule has 6 heteroatoms. The number of rotatable bonds is 7. The highest BCUT2D eigenvalue weighted by molar-refractivity contribution is 6.34. The van der Waals surface area contributed by atoms with E-state index in [9.17, 15) is 9.18 Å². The Morgan fingerprint density at radius 2 is 2.00 bits per heavy atom. The van der Waals surface area contributed by atoms with Gasteiger partial charge in [0.05, 0.1) is 24.4 Å². The highest BCUT2D eigenvalue weighted by Crippen LogP contribution is 2.27. The number of hydrogen-bond acceptors (Lipinski definition) is 2. The molecule has 0 aromatic heterocycles. The number of quaternary nitrogens is 1. The first-order valence-electron chi connectivity index (χ1n) is 8.56. The third-order valence-corrected chi connectivity index (χ3v) is 4.58. The van der Waals surface area contributed by atoms with Gasteiger partial charge in [-0.2, -0.15) is 0 Å². The maximum atomic E-state index is 13.8. The number of ether oxygens (including phenoxy) is 1. The van der Waals surface area contributed by atoms with E-state index in [1.165, 1.54) is 13.2 Å². The van der Waals surface area contributed by atoms with E-state index in [1.54, 1.807) is 6.07 Å².